The summed E-state index contributed by atoms with van der Waals surface area (Å²) in [6.45, 7) is 6.37. The topological polar surface area (TPSA) is 273 Å². The lowest BCUT2D eigenvalue weighted by atomic mass is 9.45. The van der Waals surface area contributed by atoms with Gasteiger partial charge in [0.05, 0.1) is 22.7 Å². The Hall–Kier alpha value is -5.99. The number of aromatic nitrogens is 1. The summed E-state index contributed by atoms with van der Waals surface area (Å²) in [6, 6.07) is 10.1. The minimum atomic E-state index is -2.98. The van der Waals surface area contributed by atoms with Crippen molar-refractivity contribution < 1.29 is 91.2 Å². The molecule has 4 aliphatic rings. The summed E-state index contributed by atoms with van der Waals surface area (Å²) in [4.78, 5) is 113. The van der Waals surface area contributed by atoms with Crippen LogP contribution in [0.5, 0.6) is 0 Å². The molecule has 2 aromatic rings. The number of hydrogen-bond acceptors (Lipinski definition) is 20. The Labute approximate surface area is 360 Å². The molecule has 1 aromatic heterocycles. The van der Waals surface area contributed by atoms with Gasteiger partial charge in [-0.3, -0.25) is 29.0 Å². The lowest BCUT2D eigenvalue weighted by Gasteiger charge is -2.67. The number of cyclic esters (lactones) is 1. The smallest absolute Gasteiger partial charge is 0.340 e. The molecule has 0 radical (unpaired) electrons. The van der Waals surface area contributed by atoms with Crippen molar-refractivity contribution in [3.8, 4) is 0 Å². The first-order valence-electron chi connectivity index (χ1n) is 20.0. The summed E-state index contributed by atoms with van der Waals surface area (Å²) >= 11 is 0. The van der Waals surface area contributed by atoms with E-state index < -0.39 is 138 Å². The van der Waals surface area contributed by atoms with Crippen molar-refractivity contribution in [1.82, 2.24) is 4.98 Å². The predicted octanol–water partition coefficient (Wildman–Crippen LogP) is 1.27. The van der Waals surface area contributed by atoms with Crippen LogP contribution in [0.4, 0.5) is 0 Å². The number of aryl methyl sites for hydroxylation is 1. The van der Waals surface area contributed by atoms with Gasteiger partial charge >= 0.3 is 47.8 Å². The van der Waals surface area contributed by atoms with Crippen LogP contribution in [0.2, 0.25) is 0 Å². The summed E-state index contributed by atoms with van der Waals surface area (Å²) in [5.41, 5.74) is -13.3. The average molecular weight is 884 g/mol. The fourth-order valence-corrected chi connectivity index (χ4v) is 9.73. The SMILES string of the molecule is CC(=O)OC[C@@]12[C@H](OC(C)=O)[C@H](OC(C)=O)[C@H]3[C@H](OC(C)=O)[C@@]14O[C@]3(C)COC(=O)c1cccnc1CC[C@](C)(O)C(=O)O[C@@H]([C@@H](OC(=O)c1ccccc1)[C@H]2OC(C)=O)[C@]4(C)O. The van der Waals surface area contributed by atoms with Crippen LogP contribution in [0.1, 0.15) is 88.2 Å². The van der Waals surface area contributed by atoms with Crippen LogP contribution in [0.3, 0.4) is 0 Å². The highest BCUT2D eigenvalue weighted by Crippen LogP contribution is 2.70. The fourth-order valence-electron chi connectivity index (χ4n) is 9.73. The molecular weight excluding hydrogens is 834 g/mol. The molecule has 63 heavy (non-hydrogen) atoms. The fraction of sp³-hybridized carbons (Fsp3) is 0.558. The number of nitrogens with zero attached hydrogens (tertiary/aromatic N) is 1. The van der Waals surface area contributed by atoms with Crippen LogP contribution in [0.15, 0.2) is 48.7 Å². The quantitative estimate of drug-likeness (QED) is 0.279. The van der Waals surface area contributed by atoms with E-state index >= 15 is 0 Å². The van der Waals surface area contributed by atoms with Crippen molar-refractivity contribution in [2.24, 2.45) is 11.3 Å². The highest BCUT2D eigenvalue weighted by molar-refractivity contribution is 5.91. The number of esters is 8. The molecule has 2 aliphatic carbocycles. The van der Waals surface area contributed by atoms with Crippen molar-refractivity contribution in [2.75, 3.05) is 13.2 Å². The van der Waals surface area contributed by atoms with Gasteiger partial charge in [-0.05, 0) is 57.9 Å². The van der Waals surface area contributed by atoms with E-state index in [4.69, 9.17) is 42.6 Å². The van der Waals surface area contributed by atoms with E-state index in [-0.39, 0.29) is 23.2 Å². The van der Waals surface area contributed by atoms with Gasteiger partial charge in [-0.2, -0.15) is 0 Å². The molecule has 4 bridgehead atoms. The predicted molar refractivity (Wildman–Crippen MR) is 207 cm³/mol. The zero-order valence-electron chi connectivity index (χ0n) is 35.8. The molecule has 2 N–H and O–H groups in total. The Morgan fingerprint density at radius 2 is 1.33 bits per heavy atom. The zero-order chi connectivity index (χ0) is 46.4. The van der Waals surface area contributed by atoms with Gasteiger partial charge in [-0.1, -0.05) is 18.2 Å². The average Bonchev–Trinajstić information content (AvgIpc) is 3.42. The third-order valence-electron chi connectivity index (χ3n) is 12.2. The lowest BCUT2D eigenvalue weighted by molar-refractivity contribution is -0.386. The summed E-state index contributed by atoms with van der Waals surface area (Å²) in [7, 11) is 0. The first kappa shape index (κ1) is 46.5. The number of aliphatic hydroxyl groups is 2. The van der Waals surface area contributed by atoms with Gasteiger partial charge in [0.1, 0.15) is 42.0 Å². The molecule has 20 nitrogen and oxygen atoms in total. The monoisotopic (exact) mass is 883 g/mol. The van der Waals surface area contributed by atoms with E-state index in [0.29, 0.717) is 0 Å². The van der Waals surface area contributed by atoms with Crippen LogP contribution >= 0.6 is 0 Å². The van der Waals surface area contributed by atoms with E-state index in [2.05, 4.69) is 4.98 Å². The maximum absolute atomic E-state index is 14.5. The standard InChI is InChI=1S/C43H49NO19/c1-21(45)55-20-42-34(59-24(4)48)30(57-22(2)46)29-32(58-23(3)47)43(42)41(8,54)33(31(35(42)60-25(5)49)61-36(50)26-13-10-9-11-14-26)62-38(52)39(6,53)17-16-28-27(15-12-18-44-28)37(51)56-19-40(29,7)63-43/h9-15,18,29-35,53-54H,16-17,19-20H2,1-8H3/t29-,30+,31+,32-,33-,34+,35+,39-,40+,41-,42-,43-/m0/s1. The number of carbonyl (C=O) groups is 8. The molecule has 20 heteroatoms. The largest absolute Gasteiger partial charge is 0.465 e. The van der Waals surface area contributed by atoms with Crippen molar-refractivity contribution >= 4 is 47.8 Å². The van der Waals surface area contributed by atoms with Gasteiger partial charge in [0.25, 0.3) is 0 Å². The van der Waals surface area contributed by atoms with E-state index in [1.165, 1.54) is 49.5 Å². The number of pyridine rings is 1. The van der Waals surface area contributed by atoms with Crippen molar-refractivity contribution in [2.45, 2.75) is 127 Å². The van der Waals surface area contributed by atoms with E-state index in [1.54, 1.807) is 6.07 Å². The molecule has 3 fully saturated rings. The second-order valence-corrected chi connectivity index (χ2v) is 16.7. The summed E-state index contributed by atoms with van der Waals surface area (Å²) < 4.78 is 54.9. The highest BCUT2D eigenvalue weighted by atomic mass is 16.7. The van der Waals surface area contributed by atoms with E-state index in [0.717, 1.165) is 48.5 Å². The van der Waals surface area contributed by atoms with Crippen LogP contribution in [-0.2, 0) is 77.8 Å². The zero-order valence-corrected chi connectivity index (χ0v) is 35.8. The molecule has 1 saturated heterocycles. The van der Waals surface area contributed by atoms with E-state index in [9.17, 15) is 48.6 Å². The Balaban J connectivity index is 1.79. The molecule has 1 spiro atoms. The van der Waals surface area contributed by atoms with Crippen LogP contribution in [0, 0.1) is 11.3 Å². The normalized spacial score (nSPS) is 35.8. The second-order valence-electron chi connectivity index (χ2n) is 16.7. The van der Waals surface area contributed by atoms with Crippen LogP contribution in [-0.4, -0.2) is 135 Å². The van der Waals surface area contributed by atoms with Gasteiger partial charge in [0.2, 0.25) is 0 Å². The van der Waals surface area contributed by atoms with Gasteiger partial charge in [-0.15, -0.1) is 0 Å². The molecule has 340 valence electrons. The Bertz CT molecular complexity index is 2190. The maximum atomic E-state index is 14.5. The Kier molecular flexibility index (Phi) is 12.5. The summed E-state index contributed by atoms with van der Waals surface area (Å²) in [5.74, 6) is -10.5. The van der Waals surface area contributed by atoms with Crippen LogP contribution < -0.4 is 0 Å². The number of fused-ring (bicyclic) bond motifs is 5. The second kappa shape index (κ2) is 16.9. The van der Waals surface area contributed by atoms with E-state index in [1.807, 2.05) is 0 Å². The van der Waals surface area contributed by atoms with Crippen molar-refractivity contribution in [3.05, 3.63) is 65.5 Å². The van der Waals surface area contributed by atoms with Crippen molar-refractivity contribution in [1.29, 1.82) is 0 Å². The molecular formula is C43H49NO19. The molecule has 1 aromatic carbocycles. The molecule has 0 unspecified atom stereocenters. The van der Waals surface area contributed by atoms with Crippen LogP contribution in [0.25, 0.3) is 0 Å². The molecule has 0 amide bonds. The van der Waals surface area contributed by atoms with Crippen molar-refractivity contribution in [3.63, 3.8) is 0 Å². The molecule has 6 rings (SSSR count). The first-order chi connectivity index (χ1) is 29.4. The minimum Gasteiger partial charge on any atom is -0.465 e. The van der Waals surface area contributed by atoms with Gasteiger partial charge in [0.15, 0.2) is 35.6 Å². The lowest BCUT2D eigenvalue weighted by Crippen LogP contribution is -2.89. The number of rotatable bonds is 8. The number of ether oxygens (including phenoxy) is 9. The molecule has 2 aliphatic heterocycles. The van der Waals surface area contributed by atoms with Gasteiger partial charge in [-0.25, -0.2) is 14.4 Å². The molecule has 2 saturated carbocycles. The third kappa shape index (κ3) is 7.99. The highest BCUT2D eigenvalue weighted by Gasteiger charge is 2.92. The maximum Gasteiger partial charge on any atom is 0.340 e. The molecule has 3 heterocycles. The Morgan fingerprint density at radius 1 is 0.746 bits per heavy atom. The number of benzene rings is 1. The third-order valence-corrected chi connectivity index (χ3v) is 12.2. The Morgan fingerprint density at radius 3 is 1.92 bits per heavy atom. The number of carbonyl (C=O) groups excluding carboxylic acids is 8. The summed E-state index contributed by atoms with van der Waals surface area (Å²) in [6.07, 6.45) is -12.0. The first-order valence-corrected chi connectivity index (χ1v) is 20.0. The van der Waals surface area contributed by atoms with Gasteiger partial charge < -0.3 is 52.8 Å². The van der Waals surface area contributed by atoms with Gasteiger partial charge in [0, 0.05) is 40.8 Å². The summed E-state index contributed by atoms with van der Waals surface area (Å²) in [5, 5.41) is 25.4. The minimum absolute atomic E-state index is 0.0847. The molecule has 12 atom stereocenters. The number of hydrogen-bond donors (Lipinski definition) is 2.